The van der Waals surface area contributed by atoms with E-state index in [1.165, 1.54) is 6.42 Å². The van der Waals surface area contributed by atoms with E-state index in [0.717, 1.165) is 44.0 Å². The van der Waals surface area contributed by atoms with Crippen LogP contribution in [0.15, 0.2) is 24.3 Å². The molecule has 0 aliphatic carbocycles. The van der Waals surface area contributed by atoms with Gasteiger partial charge in [0, 0.05) is 38.3 Å². The molecule has 0 bridgehead atoms. The molecule has 1 amide bonds. The van der Waals surface area contributed by atoms with Crippen molar-refractivity contribution in [1.82, 2.24) is 15.1 Å². The van der Waals surface area contributed by atoms with Gasteiger partial charge in [-0.1, -0.05) is 32.0 Å². The quantitative estimate of drug-likeness (QED) is 0.908. The van der Waals surface area contributed by atoms with Gasteiger partial charge in [0.05, 0.1) is 19.7 Å². The van der Waals surface area contributed by atoms with Crippen molar-refractivity contribution in [2.45, 2.75) is 26.3 Å². The molecule has 1 aromatic rings. The van der Waals surface area contributed by atoms with Crippen LogP contribution in [0.3, 0.4) is 0 Å². The second kappa shape index (κ2) is 8.19. The van der Waals surface area contributed by atoms with Gasteiger partial charge in [0.25, 0.3) is 0 Å². The minimum absolute atomic E-state index is 0.175. The number of carbonyl (C=O) groups is 1. The molecule has 0 radical (unpaired) electrons. The van der Waals surface area contributed by atoms with Crippen molar-refractivity contribution in [3.63, 3.8) is 0 Å². The van der Waals surface area contributed by atoms with Gasteiger partial charge >= 0.3 is 0 Å². The monoisotopic (exact) mass is 345 g/mol. The Morgan fingerprint density at radius 1 is 1.24 bits per heavy atom. The summed E-state index contributed by atoms with van der Waals surface area (Å²) < 4.78 is 5.55. The number of para-hydroxylation sites is 1. The van der Waals surface area contributed by atoms with Gasteiger partial charge in [0.2, 0.25) is 5.91 Å². The molecule has 0 spiro atoms. The summed E-state index contributed by atoms with van der Waals surface area (Å²) in [6, 6.07) is 8.32. The number of carbonyl (C=O) groups excluding carboxylic acids is 1. The average Bonchev–Trinajstić information content (AvgIpc) is 2.61. The van der Waals surface area contributed by atoms with Crippen LogP contribution in [0, 0.1) is 11.8 Å². The Bertz CT molecular complexity index is 582. The SMILES string of the molecule is COc1ccccc1C1CNCCN1CC(=O)N1CC(C)CC(C)C1. The van der Waals surface area contributed by atoms with Gasteiger partial charge in [-0.05, 0) is 24.3 Å². The number of piperidine rings is 1. The molecular formula is C20H31N3O2. The van der Waals surface area contributed by atoms with Crippen LogP contribution in [0.4, 0.5) is 0 Å². The zero-order valence-corrected chi connectivity index (χ0v) is 15.7. The Kier molecular flexibility index (Phi) is 5.97. The number of nitrogens with one attached hydrogen (secondary N) is 1. The van der Waals surface area contributed by atoms with Crippen LogP contribution >= 0.6 is 0 Å². The zero-order chi connectivity index (χ0) is 17.8. The van der Waals surface area contributed by atoms with E-state index < -0.39 is 0 Å². The number of ether oxygens (including phenoxy) is 1. The lowest BCUT2D eigenvalue weighted by molar-refractivity contribution is -0.136. The van der Waals surface area contributed by atoms with Crippen LogP contribution in [0.25, 0.3) is 0 Å². The van der Waals surface area contributed by atoms with E-state index in [4.69, 9.17) is 4.74 Å². The van der Waals surface area contributed by atoms with Gasteiger partial charge < -0.3 is 15.0 Å². The van der Waals surface area contributed by atoms with E-state index in [0.29, 0.717) is 18.4 Å². The number of nitrogens with zero attached hydrogens (tertiary/aromatic N) is 2. The highest BCUT2D eigenvalue weighted by atomic mass is 16.5. The fourth-order valence-electron chi connectivity index (χ4n) is 4.32. The van der Waals surface area contributed by atoms with Crippen LogP contribution < -0.4 is 10.1 Å². The van der Waals surface area contributed by atoms with Crippen molar-refractivity contribution in [3.8, 4) is 5.75 Å². The lowest BCUT2D eigenvalue weighted by atomic mass is 9.92. The molecule has 1 N–H and O–H groups in total. The van der Waals surface area contributed by atoms with Crippen LogP contribution in [0.5, 0.6) is 5.75 Å². The Balaban J connectivity index is 1.72. The standard InChI is InChI=1S/C20H31N3O2/c1-15-10-16(2)13-23(12-15)20(24)14-22-9-8-21-11-18(22)17-6-4-5-7-19(17)25-3/h4-7,15-16,18,21H,8-14H2,1-3H3. The van der Waals surface area contributed by atoms with Crippen LogP contribution in [0.1, 0.15) is 31.9 Å². The first kappa shape index (κ1) is 18.2. The van der Waals surface area contributed by atoms with Gasteiger partial charge in [0.15, 0.2) is 0 Å². The highest BCUT2D eigenvalue weighted by Crippen LogP contribution is 2.30. The lowest BCUT2D eigenvalue weighted by Crippen LogP contribution is -2.52. The van der Waals surface area contributed by atoms with Gasteiger partial charge in [-0.3, -0.25) is 9.69 Å². The molecular weight excluding hydrogens is 314 g/mol. The second-order valence-electron chi connectivity index (χ2n) is 7.68. The minimum atomic E-state index is 0.175. The van der Waals surface area contributed by atoms with Crippen molar-refractivity contribution in [3.05, 3.63) is 29.8 Å². The number of amides is 1. The van der Waals surface area contributed by atoms with E-state index in [1.54, 1.807) is 7.11 Å². The van der Waals surface area contributed by atoms with Gasteiger partial charge in [-0.15, -0.1) is 0 Å². The summed E-state index contributed by atoms with van der Waals surface area (Å²) in [6.07, 6.45) is 1.22. The number of hydrogen-bond donors (Lipinski definition) is 1. The molecule has 5 heteroatoms. The van der Waals surface area contributed by atoms with E-state index in [9.17, 15) is 4.79 Å². The summed E-state index contributed by atoms with van der Waals surface area (Å²) in [5.74, 6) is 2.36. The number of rotatable bonds is 4. The molecule has 2 aliphatic rings. The second-order valence-corrected chi connectivity index (χ2v) is 7.68. The molecule has 3 atom stereocenters. The van der Waals surface area contributed by atoms with Crippen molar-refractivity contribution in [2.75, 3.05) is 46.4 Å². The third-order valence-electron chi connectivity index (χ3n) is 5.41. The molecule has 0 saturated carbocycles. The molecule has 138 valence electrons. The Morgan fingerprint density at radius 3 is 2.68 bits per heavy atom. The largest absolute Gasteiger partial charge is 0.496 e. The summed E-state index contributed by atoms with van der Waals surface area (Å²) in [5, 5.41) is 3.46. The highest BCUT2D eigenvalue weighted by molar-refractivity contribution is 5.78. The van der Waals surface area contributed by atoms with Gasteiger partial charge in [-0.2, -0.15) is 0 Å². The Morgan fingerprint density at radius 2 is 1.96 bits per heavy atom. The molecule has 2 aliphatic heterocycles. The molecule has 5 nitrogen and oxygen atoms in total. The summed E-state index contributed by atoms with van der Waals surface area (Å²) >= 11 is 0. The van der Waals surface area contributed by atoms with Crippen molar-refractivity contribution in [2.24, 2.45) is 11.8 Å². The summed E-state index contributed by atoms with van der Waals surface area (Å²) in [6.45, 7) is 9.43. The smallest absolute Gasteiger partial charge is 0.236 e. The number of piperazine rings is 1. The third kappa shape index (κ3) is 4.33. The first-order valence-corrected chi connectivity index (χ1v) is 9.44. The fraction of sp³-hybridized carbons (Fsp3) is 0.650. The third-order valence-corrected chi connectivity index (χ3v) is 5.41. The van der Waals surface area contributed by atoms with Gasteiger partial charge in [-0.25, -0.2) is 0 Å². The average molecular weight is 345 g/mol. The first-order valence-electron chi connectivity index (χ1n) is 9.44. The van der Waals surface area contributed by atoms with Crippen LogP contribution in [-0.4, -0.2) is 62.1 Å². The number of methoxy groups -OCH3 is 1. The normalized spacial score (nSPS) is 28.0. The molecule has 2 saturated heterocycles. The summed E-state index contributed by atoms with van der Waals surface area (Å²) in [4.78, 5) is 17.3. The van der Waals surface area contributed by atoms with E-state index in [-0.39, 0.29) is 11.9 Å². The Hall–Kier alpha value is -1.59. The Labute approximate surface area is 151 Å². The molecule has 0 aromatic heterocycles. The maximum atomic E-state index is 12.9. The lowest BCUT2D eigenvalue weighted by Gasteiger charge is -2.40. The van der Waals surface area contributed by atoms with Crippen LogP contribution in [-0.2, 0) is 4.79 Å². The number of hydrogen-bond acceptors (Lipinski definition) is 4. The summed E-state index contributed by atoms with van der Waals surface area (Å²) in [7, 11) is 1.71. The number of likely N-dealkylation sites (tertiary alicyclic amines) is 1. The molecule has 3 unspecified atom stereocenters. The van der Waals surface area contributed by atoms with Crippen LogP contribution in [0.2, 0.25) is 0 Å². The van der Waals surface area contributed by atoms with E-state index in [2.05, 4.69) is 35.0 Å². The maximum Gasteiger partial charge on any atom is 0.236 e. The fourth-order valence-corrected chi connectivity index (χ4v) is 4.32. The maximum absolute atomic E-state index is 12.9. The molecule has 2 fully saturated rings. The molecule has 1 aromatic carbocycles. The predicted octanol–water partition coefficient (Wildman–Crippen LogP) is 2.15. The predicted molar refractivity (Wildman–Crippen MR) is 99.7 cm³/mol. The molecule has 2 heterocycles. The van der Waals surface area contributed by atoms with E-state index in [1.807, 2.05) is 18.2 Å². The highest BCUT2D eigenvalue weighted by Gasteiger charge is 2.31. The minimum Gasteiger partial charge on any atom is -0.496 e. The van der Waals surface area contributed by atoms with Gasteiger partial charge in [0.1, 0.15) is 5.75 Å². The number of benzene rings is 1. The zero-order valence-electron chi connectivity index (χ0n) is 15.7. The van der Waals surface area contributed by atoms with E-state index >= 15 is 0 Å². The first-order chi connectivity index (χ1) is 12.1. The molecule has 25 heavy (non-hydrogen) atoms. The van der Waals surface area contributed by atoms with Crippen molar-refractivity contribution < 1.29 is 9.53 Å². The van der Waals surface area contributed by atoms with Crippen molar-refractivity contribution >= 4 is 5.91 Å². The molecule has 3 rings (SSSR count). The van der Waals surface area contributed by atoms with Crippen molar-refractivity contribution in [1.29, 1.82) is 0 Å². The summed E-state index contributed by atoms with van der Waals surface area (Å²) in [5.41, 5.74) is 1.16. The topological polar surface area (TPSA) is 44.8 Å².